The highest BCUT2D eigenvalue weighted by molar-refractivity contribution is 6.30. The normalized spacial score (nSPS) is 11.9. The zero-order valence-electron chi connectivity index (χ0n) is 16.8. The lowest BCUT2D eigenvalue weighted by molar-refractivity contribution is -0.140. The minimum Gasteiger partial charge on any atom is -0.354 e. The Morgan fingerprint density at radius 1 is 0.964 bits per heavy atom. The van der Waals surface area contributed by atoms with Crippen molar-refractivity contribution >= 4 is 23.4 Å². The molecule has 1 atom stereocenters. The molecule has 0 saturated heterocycles. The molecular weight excluding hydrogens is 372 g/mol. The van der Waals surface area contributed by atoms with Crippen LogP contribution < -0.4 is 5.32 Å². The maximum Gasteiger partial charge on any atom is 0.242 e. The van der Waals surface area contributed by atoms with Crippen LogP contribution in [0, 0.1) is 5.92 Å². The fourth-order valence-corrected chi connectivity index (χ4v) is 2.99. The number of carbonyl (C=O) groups excluding carboxylic acids is 2. The van der Waals surface area contributed by atoms with Gasteiger partial charge in [-0.1, -0.05) is 67.9 Å². The Labute approximate surface area is 172 Å². The molecule has 5 heteroatoms. The van der Waals surface area contributed by atoms with Crippen LogP contribution >= 0.6 is 11.6 Å². The number of hydrogen-bond donors (Lipinski definition) is 1. The first-order valence-electron chi connectivity index (χ1n) is 9.72. The van der Waals surface area contributed by atoms with Crippen LogP contribution in [0.5, 0.6) is 0 Å². The first kappa shape index (κ1) is 22.0. The van der Waals surface area contributed by atoms with Gasteiger partial charge in [-0.15, -0.1) is 0 Å². The van der Waals surface area contributed by atoms with Crippen LogP contribution in [0.1, 0.15) is 38.3 Å². The molecule has 0 radical (unpaired) electrons. The number of aryl methyl sites for hydroxylation is 1. The van der Waals surface area contributed by atoms with Crippen molar-refractivity contribution in [3.8, 4) is 0 Å². The van der Waals surface area contributed by atoms with E-state index >= 15 is 0 Å². The summed E-state index contributed by atoms with van der Waals surface area (Å²) in [7, 11) is 0. The Bertz CT molecular complexity index is 760. The number of nitrogens with zero attached hydrogens (tertiary/aromatic N) is 1. The molecule has 28 heavy (non-hydrogen) atoms. The second-order valence-corrected chi connectivity index (χ2v) is 7.89. The van der Waals surface area contributed by atoms with Crippen LogP contribution in [0.2, 0.25) is 5.02 Å². The van der Waals surface area contributed by atoms with Gasteiger partial charge in [-0.3, -0.25) is 9.59 Å². The monoisotopic (exact) mass is 400 g/mol. The van der Waals surface area contributed by atoms with Crippen molar-refractivity contribution in [1.29, 1.82) is 0 Å². The molecule has 0 aliphatic heterocycles. The second-order valence-electron chi connectivity index (χ2n) is 7.45. The van der Waals surface area contributed by atoms with Crippen molar-refractivity contribution < 1.29 is 9.59 Å². The summed E-state index contributed by atoms with van der Waals surface area (Å²) < 4.78 is 0. The molecule has 0 aliphatic rings. The van der Waals surface area contributed by atoms with E-state index in [1.165, 1.54) is 0 Å². The molecule has 2 aromatic rings. The van der Waals surface area contributed by atoms with E-state index in [4.69, 9.17) is 11.6 Å². The molecule has 0 aliphatic carbocycles. The third-order valence-electron chi connectivity index (χ3n) is 4.59. The minimum atomic E-state index is -0.544. The summed E-state index contributed by atoms with van der Waals surface area (Å²) in [6.07, 6.45) is 1.01. The molecule has 2 amide bonds. The predicted molar refractivity (Wildman–Crippen MR) is 114 cm³/mol. The summed E-state index contributed by atoms with van der Waals surface area (Å²) in [5.74, 6) is 0.191. The van der Waals surface area contributed by atoms with Gasteiger partial charge < -0.3 is 10.2 Å². The van der Waals surface area contributed by atoms with Gasteiger partial charge in [-0.05, 0) is 42.5 Å². The van der Waals surface area contributed by atoms with Crippen molar-refractivity contribution in [2.75, 3.05) is 6.54 Å². The molecule has 0 aromatic heterocycles. The maximum atomic E-state index is 13.0. The fraction of sp³-hybridized carbons (Fsp3) is 0.391. The van der Waals surface area contributed by atoms with Gasteiger partial charge in [0.15, 0.2) is 0 Å². The number of benzene rings is 2. The Morgan fingerprint density at radius 3 is 2.21 bits per heavy atom. The molecule has 2 rings (SSSR count). The molecule has 1 N–H and O–H groups in total. The van der Waals surface area contributed by atoms with Gasteiger partial charge in [-0.25, -0.2) is 0 Å². The number of amides is 2. The number of halogens is 1. The van der Waals surface area contributed by atoms with E-state index in [2.05, 4.69) is 5.32 Å². The molecule has 0 heterocycles. The summed E-state index contributed by atoms with van der Waals surface area (Å²) >= 11 is 5.97. The molecule has 2 aromatic carbocycles. The lowest BCUT2D eigenvalue weighted by Gasteiger charge is -2.29. The van der Waals surface area contributed by atoms with Gasteiger partial charge in [0.2, 0.25) is 11.8 Å². The Balaban J connectivity index is 2.10. The van der Waals surface area contributed by atoms with Crippen molar-refractivity contribution in [2.24, 2.45) is 5.92 Å². The average molecular weight is 401 g/mol. The molecule has 0 saturated carbocycles. The summed E-state index contributed by atoms with van der Waals surface area (Å²) in [6, 6.07) is 16.7. The summed E-state index contributed by atoms with van der Waals surface area (Å²) in [6.45, 7) is 6.84. The predicted octanol–water partition coefficient (Wildman–Crippen LogP) is 4.46. The maximum absolute atomic E-state index is 13.0. The lowest BCUT2D eigenvalue weighted by Crippen LogP contribution is -2.48. The molecule has 150 valence electrons. The largest absolute Gasteiger partial charge is 0.354 e. The summed E-state index contributed by atoms with van der Waals surface area (Å²) in [5, 5.41) is 3.58. The number of hydrogen-bond acceptors (Lipinski definition) is 2. The molecule has 4 nitrogen and oxygen atoms in total. The highest BCUT2D eigenvalue weighted by Gasteiger charge is 2.25. The molecule has 0 bridgehead atoms. The highest BCUT2D eigenvalue weighted by Crippen LogP contribution is 2.15. The topological polar surface area (TPSA) is 49.4 Å². The van der Waals surface area contributed by atoms with Crippen molar-refractivity contribution in [2.45, 2.75) is 46.2 Å². The number of nitrogens with one attached hydrogen (secondary N) is 1. The average Bonchev–Trinajstić information content (AvgIpc) is 2.70. The van der Waals surface area contributed by atoms with E-state index in [0.717, 1.165) is 11.1 Å². The SMILES string of the molecule is CC(C)CNC(=O)[C@H](C)N(Cc1ccc(Cl)cc1)C(=O)CCc1ccccc1. The van der Waals surface area contributed by atoms with E-state index in [1.54, 1.807) is 24.0 Å². The van der Waals surface area contributed by atoms with Gasteiger partial charge in [0, 0.05) is 24.5 Å². The third kappa shape index (κ3) is 7.01. The highest BCUT2D eigenvalue weighted by atomic mass is 35.5. The summed E-state index contributed by atoms with van der Waals surface area (Å²) in [5.41, 5.74) is 2.06. The molecule has 0 spiro atoms. The van der Waals surface area contributed by atoms with E-state index in [0.29, 0.717) is 36.9 Å². The van der Waals surface area contributed by atoms with E-state index in [-0.39, 0.29) is 11.8 Å². The van der Waals surface area contributed by atoms with Gasteiger partial charge in [0.1, 0.15) is 6.04 Å². The summed E-state index contributed by atoms with van der Waals surface area (Å²) in [4.78, 5) is 27.2. The van der Waals surface area contributed by atoms with Crippen LogP contribution in [-0.2, 0) is 22.6 Å². The Morgan fingerprint density at radius 2 is 1.61 bits per heavy atom. The van der Waals surface area contributed by atoms with Gasteiger partial charge >= 0.3 is 0 Å². The van der Waals surface area contributed by atoms with Crippen LogP contribution in [-0.4, -0.2) is 29.3 Å². The van der Waals surface area contributed by atoms with Crippen LogP contribution in [0.3, 0.4) is 0 Å². The van der Waals surface area contributed by atoms with E-state index < -0.39 is 6.04 Å². The molecule has 0 fully saturated rings. The smallest absolute Gasteiger partial charge is 0.242 e. The van der Waals surface area contributed by atoms with Crippen molar-refractivity contribution in [3.63, 3.8) is 0 Å². The van der Waals surface area contributed by atoms with Gasteiger partial charge in [0.05, 0.1) is 0 Å². The Hall–Kier alpha value is -2.33. The number of rotatable bonds is 9. The van der Waals surface area contributed by atoms with Crippen LogP contribution in [0.25, 0.3) is 0 Å². The van der Waals surface area contributed by atoms with Gasteiger partial charge in [0.25, 0.3) is 0 Å². The second kappa shape index (κ2) is 10.9. The lowest BCUT2D eigenvalue weighted by atomic mass is 10.1. The zero-order valence-corrected chi connectivity index (χ0v) is 17.6. The molecule has 0 unspecified atom stereocenters. The van der Waals surface area contributed by atoms with Gasteiger partial charge in [-0.2, -0.15) is 0 Å². The zero-order chi connectivity index (χ0) is 20.5. The van der Waals surface area contributed by atoms with E-state index in [1.807, 2.05) is 56.3 Å². The molecular formula is C23H29ClN2O2. The van der Waals surface area contributed by atoms with Crippen LogP contribution in [0.15, 0.2) is 54.6 Å². The van der Waals surface area contributed by atoms with E-state index in [9.17, 15) is 9.59 Å². The first-order valence-corrected chi connectivity index (χ1v) is 10.1. The third-order valence-corrected chi connectivity index (χ3v) is 4.84. The Kier molecular flexibility index (Phi) is 8.52. The fourth-order valence-electron chi connectivity index (χ4n) is 2.86. The van der Waals surface area contributed by atoms with Crippen molar-refractivity contribution in [1.82, 2.24) is 10.2 Å². The quantitative estimate of drug-likeness (QED) is 0.675. The van der Waals surface area contributed by atoms with Crippen LogP contribution in [0.4, 0.5) is 0 Å². The number of carbonyl (C=O) groups is 2. The van der Waals surface area contributed by atoms with Crippen molar-refractivity contribution in [3.05, 3.63) is 70.7 Å². The first-order chi connectivity index (χ1) is 13.4. The minimum absolute atomic E-state index is 0.0361. The standard InChI is InChI=1S/C23H29ClN2O2/c1-17(2)15-25-23(28)18(3)26(16-20-9-12-21(24)13-10-20)22(27)14-11-19-7-5-4-6-8-19/h4-10,12-13,17-18H,11,14-16H2,1-3H3,(H,25,28)/t18-/m0/s1.